The Labute approximate surface area is 384 Å². The van der Waals surface area contributed by atoms with Crippen LogP contribution < -0.4 is 26.8 Å². The second-order valence-corrected chi connectivity index (χ2v) is 19.1. The van der Waals surface area contributed by atoms with Crippen molar-refractivity contribution in [2.45, 2.75) is 84.5 Å². The number of piperazine rings is 1. The molecule has 2 fully saturated rings. The number of nitrogens with one attached hydrogen (secondary N) is 4. The van der Waals surface area contributed by atoms with Gasteiger partial charge in [-0.15, -0.1) is 11.3 Å². The van der Waals surface area contributed by atoms with E-state index in [1.165, 1.54) is 17.0 Å². The van der Waals surface area contributed by atoms with E-state index in [0.29, 0.717) is 55.6 Å². The Balaban J connectivity index is 0.794. The van der Waals surface area contributed by atoms with Gasteiger partial charge in [0.1, 0.15) is 29.3 Å². The van der Waals surface area contributed by atoms with Crippen molar-refractivity contribution < 1.29 is 28.7 Å². The Morgan fingerprint density at radius 2 is 1.73 bits per heavy atom. The minimum absolute atomic E-state index is 0.000959. The van der Waals surface area contributed by atoms with Gasteiger partial charge >= 0.3 is 0 Å². The molecule has 346 valence electrons. The number of hydrogen-bond donors (Lipinski definition) is 6. The summed E-state index contributed by atoms with van der Waals surface area (Å²) in [7, 11) is 0. The number of hydrogen-bond acceptors (Lipinski definition) is 11. The molecule has 0 bridgehead atoms. The van der Waals surface area contributed by atoms with Crippen LogP contribution in [0.3, 0.4) is 0 Å². The van der Waals surface area contributed by atoms with E-state index < -0.39 is 40.9 Å². The van der Waals surface area contributed by atoms with Crippen molar-refractivity contribution >= 4 is 68.3 Å². The van der Waals surface area contributed by atoms with E-state index in [0.717, 1.165) is 27.4 Å². The molecule has 5 heterocycles. The smallest absolute Gasteiger partial charge is 0.261 e. The van der Waals surface area contributed by atoms with Gasteiger partial charge in [-0.05, 0) is 66.6 Å². The van der Waals surface area contributed by atoms with Gasteiger partial charge in [0, 0.05) is 64.2 Å². The molecule has 0 aliphatic carbocycles. The van der Waals surface area contributed by atoms with Crippen molar-refractivity contribution in [2.24, 2.45) is 5.41 Å². The summed E-state index contributed by atoms with van der Waals surface area (Å²) in [6, 6.07) is 16.1. The summed E-state index contributed by atoms with van der Waals surface area (Å²) in [5.41, 5.74) is 12.4. The van der Waals surface area contributed by atoms with E-state index in [4.69, 9.17) is 5.73 Å². The number of nitrogen functional groups attached to an aromatic ring is 1. The van der Waals surface area contributed by atoms with Crippen LogP contribution in [0.2, 0.25) is 0 Å². The average molecular weight is 919 g/mol. The lowest BCUT2D eigenvalue weighted by Crippen LogP contribution is -2.57. The first-order valence-corrected chi connectivity index (χ1v) is 23.1. The zero-order chi connectivity index (χ0) is 46.9. The van der Waals surface area contributed by atoms with Gasteiger partial charge in [0.2, 0.25) is 23.6 Å². The van der Waals surface area contributed by atoms with Crippen molar-refractivity contribution in [1.82, 2.24) is 40.4 Å². The number of aromatic nitrogens is 4. The second kappa shape index (κ2) is 19.1. The number of fused-ring (bicyclic) bond motifs is 2. The Morgan fingerprint density at radius 3 is 2.44 bits per heavy atom. The molecule has 4 amide bonds. The number of nitrogens with zero attached hydrogens (tertiary/aromatic N) is 5. The van der Waals surface area contributed by atoms with Gasteiger partial charge in [0.15, 0.2) is 0 Å². The van der Waals surface area contributed by atoms with Gasteiger partial charge in [-0.3, -0.25) is 24.0 Å². The zero-order valence-corrected chi connectivity index (χ0v) is 38.3. The molecule has 6 aromatic rings. The Bertz CT molecular complexity index is 2840. The SMILES string of the molecule is Cc1ncsc1-c1ccc(CNC(=O)C2CC(O)CN2C(=O)C(NC(=O)CCCCC(=O)N2CCN(c3ccc4nc(-c5c(N)c6c(F)cccc6[nH]c5=O)[nH]c4c3)CC2)C(C)(C)C)cc1. The number of amides is 4. The topological polar surface area (TPSA) is 223 Å². The van der Waals surface area contributed by atoms with Crippen molar-refractivity contribution in [1.29, 1.82) is 0 Å². The number of benzene rings is 3. The molecule has 8 rings (SSSR count). The molecule has 0 spiro atoms. The van der Waals surface area contributed by atoms with Gasteiger partial charge in [-0.1, -0.05) is 51.1 Å². The number of pyridine rings is 1. The van der Waals surface area contributed by atoms with Crippen molar-refractivity contribution in [3.8, 4) is 21.8 Å². The Hall–Kier alpha value is -6.66. The number of unbranched alkanes of at least 4 members (excludes halogenated alkanes) is 1. The standard InChI is InChI=1S/C48H55FN10O6S/c1-27-42(66-26-52-27)29-14-12-28(13-15-29)24-51-45(63)36-23-31(60)25-59(36)47(65)43(48(2,3)4)56-37(61)10-5-6-11-38(62)58-20-18-57(19-21-58)30-16-17-33-35(22-30)54-44(53-33)40-41(50)39-32(49)8-7-9-34(39)55-46(40)64/h7-9,12-17,22,26,31,36,43,60H,5-6,10-11,18-21,23-25H2,1-4H3,(H,51,63)(H,53,54)(H,56,61)(H3,50,55,64). The number of carbonyl (C=O) groups excluding carboxylic acids is 4. The molecule has 7 N–H and O–H groups in total. The first-order chi connectivity index (χ1) is 31.5. The summed E-state index contributed by atoms with van der Waals surface area (Å²) in [5, 5.41) is 16.6. The maximum absolute atomic E-state index is 14.7. The molecule has 3 unspecified atom stereocenters. The number of H-pyrrole nitrogens is 2. The predicted molar refractivity (Wildman–Crippen MR) is 253 cm³/mol. The third kappa shape index (κ3) is 9.79. The number of rotatable bonds is 13. The Morgan fingerprint density at radius 1 is 0.985 bits per heavy atom. The lowest BCUT2D eigenvalue weighted by molar-refractivity contribution is -0.144. The molecule has 16 nitrogen and oxygen atoms in total. The van der Waals surface area contributed by atoms with Crippen LogP contribution in [0.25, 0.3) is 43.8 Å². The number of imidazole rings is 1. The van der Waals surface area contributed by atoms with Crippen LogP contribution in [0.4, 0.5) is 15.8 Å². The highest BCUT2D eigenvalue weighted by Crippen LogP contribution is 2.32. The molecule has 0 radical (unpaired) electrons. The highest BCUT2D eigenvalue weighted by atomic mass is 32.1. The number of thiazole rings is 1. The molecule has 3 atom stereocenters. The molecule has 2 aliphatic rings. The summed E-state index contributed by atoms with van der Waals surface area (Å²) in [6.45, 7) is 9.94. The van der Waals surface area contributed by atoms with Crippen LogP contribution in [0, 0.1) is 18.2 Å². The number of carbonyl (C=O) groups is 4. The van der Waals surface area contributed by atoms with Crippen molar-refractivity contribution in [2.75, 3.05) is 43.4 Å². The predicted octanol–water partition coefficient (Wildman–Crippen LogP) is 5.24. The number of aryl methyl sites for hydroxylation is 1. The first kappa shape index (κ1) is 45.9. The molecular weight excluding hydrogens is 864 g/mol. The summed E-state index contributed by atoms with van der Waals surface area (Å²) in [6.07, 6.45) is 0.538. The fourth-order valence-corrected chi connectivity index (χ4v) is 9.64. The maximum atomic E-state index is 14.7. The molecule has 3 aromatic carbocycles. The van der Waals surface area contributed by atoms with E-state index in [1.807, 2.05) is 80.6 Å². The molecule has 18 heteroatoms. The van der Waals surface area contributed by atoms with Gasteiger partial charge < -0.3 is 46.1 Å². The van der Waals surface area contributed by atoms with E-state index in [2.05, 4.69) is 35.5 Å². The minimum atomic E-state index is -0.944. The van der Waals surface area contributed by atoms with Crippen LogP contribution in [-0.4, -0.2) is 109 Å². The fourth-order valence-electron chi connectivity index (χ4n) is 8.83. The van der Waals surface area contributed by atoms with Crippen molar-refractivity contribution in [3.05, 3.63) is 93.6 Å². The number of halogens is 1. The van der Waals surface area contributed by atoms with Gasteiger partial charge in [-0.25, -0.2) is 14.4 Å². The van der Waals surface area contributed by atoms with Crippen LogP contribution in [0.5, 0.6) is 0 Å². The summed E-state index contributed by atoms with van der Waals surface area (Å²) < 4.78 is 14.7. The maximum Gasteiger partial charge on any atom is 0.261 e. The zero-order valence-electron chi connectivity index (χ0n) is 37.4. The summed E-state index contributed by atoms with van der Waals surface area (Å²) in [5.74, 6) is -1.44. The van der Waals surface area contributed by atoms with Crippen LogP contribution in [0.1, 0.15) is 64.1 Å². The summed E-state index contributed by atoms with van der Waals surface area (Å²) in [4.78, 5) is 88.3. The second-order valence-electron chi connectivity index (χ2n) is 18.2. The normalized spacial score (nSPS) is 17.1. The van der Waals surface area contributed by atoms with E-state index in [1.54, 1.807) is 17.4 Å². The lowest BCUT2D eigenvalue weighted by Gasteiger charge is -2.36. The van der Waals surface area contributed by atoms with Crippen molar-refractivity contribution in [3.63, 3.8) is 0 Å². The molecule has 66 heavy (non-hydrogen) atoms. The fraction of sp³-hybridized carbons (Fsp3) is 0.396. The largest absolute Gasteiger partial charge is 0.397 e. The van der Waals surface area contributed by atoms with E-state index >= 15 is 0 Å². The van der Waals surface area contributed by atoms with E-state index in [-0.39, 0.29) is 72.5 Å². The first-order valence-electron chi connectivity index (χ1n) is 22.2. The number of aliphatic hydroxyl groups excluding tert-OH is 1. The monoisotopic (exact) mass is 918 g/mol. The van der Waals surface area contributed by atoms with E-state index in [9.17, 15) is 33.5 Å². The minimum Gasteiger partial charge on any atom is -0.397 e. The highest BCUT2D eigenvalue weighted by molar-refractivity contribution is 7.13. The van der Waals surface area contributed by atoms with Crippen LogP contribution in [0.15, 0.2) is 71.0 Å². The number of likely N-dealkylation sites (tertiary alicyclic amines) is 1. The quantitative estimate of drug-likeness (QED) is 0.0827. The molecule has 3 aromatic heterocycles. The van der Waals surface area contributed by atoms with Crippen LogP contribution >= 0.6 is 11.3 Å². The summed E-state index contributed by atoms with van der Waals surface area (Å²) >= 11 is 1.57. The number of aromatic amines is 2. The highest BCUT2D eigenvalue weighted by Gasteiger charge is 2.44. The number of nitrogens with two attached hydrogens (primary N) is 1. The third-order valence-corrected chi connectivity index (χ3v) is 13.5. The number of aliphatic hydroxyl groups is 1. The van der Waals surface area contributed by atoms with Gasteiger partial charge in [0.25, 0.3) is 5.56 Å². The molecule has 2 aliphatic heterocycles. The number of anilines is 2. The molecule has 0 saturated carbocycles. The van der Waals surface area contributed by atoms with Gasteiger partial charge in [-0.2, -0.15) is 0 Å². The van der Waals surface area contributed by atoms with Gasteiger partial charge in [0.05, 0.1) is 49.8 Å². The van der Waals surface area contributed by atoms with Crippen LogP contribution in [-0.2, 0) is 25.7 Å². The Kier molecular flexibility index (Phi) is 13.2. The number of β-amino-alcohol motifs (C(OH)–C–C–N with tert-alkyl or cyclic N) is 1. The average Bonchev–Trinajstić information content (AvgIpc) is 4.03. The third-order valence-electron chi connectivity index (χ3n) is 12.5. The lowest BCUT2D eigenvalue weighted by atomic mass is 9.85. The molecular formula is C48H55FN10O6S. The molecule has 2 saturated heterocycles.